The van der Waals surface area contributed by atoms with E-state index in [0.717, 1.165) is 55.2 Å². The van der Waals surface area contributed by atoms with Crippen LogP contribution in [0.4, 0.5) is 11.4 Å². The highest BCUT2D eigenvalue weighted by molar-refractivity contribution is 7.98. The first-order valence-electron chi connectivity index (χ1n) is 11.0. The number of anilines is 2. The Morgan fingerprint density at radius 2 is 2.03 bits per heavy atom. The third kappa shape index (κ3) is 5.33. The Labute approximate surface area is 198 Å². The molecule has 1 fully saturated rings. The molecule has 8 heteroatoms. The Morgan fingerprint density at radius 3 is 2.79 bits per heavy atom. The Hall–Kier alpha value is -2.99. The number of hydrogen-bond acceptors (Lipinski definition) is 8. The molecule has 0 saturated carbocycles. The molecule has 2 aromatic carbocycles. The fourth-order valence-corrected chi connectivity index (χ4v) is 4.48. The Morgan fingerprint density at radius 1 is 1.21 bits per heavy atom. The molecule has 1 aliphatic rings. The van der Waals surface area contributed by atoms with Crippen molar-refractivity contribution in [3.8, 4) is 17.6 Å². The van der Waals surface area contributed by atoms with E-state index in [2.05, 4.69) is 21.3 Å². The van der Waals surface area contributed by atoms with Crippen LogP contribution in [0.5, 0.6) is 11.5 Å². The van der Waals surface area contributed by atoms with Crippen LogP contribution in [0.1, 0.15) is 12.0 Å². The average molecular weight is 465 g/mol. The zero-order valence-corrected chi connectivity index (χ0v) is 19.8. The molecule has 4 rings (SSSR count). The van der Waals surface area contributed by atoms with E-state index in [-0.39, 0.29) is 0 Å². The van der Waals surface area contributed by atoms with Crippen molar-refractivity contribution in [1.82, 2.24) is 9.88 Å². The number of benzene rings is 2. The molecule has 0 bridgehead atoms. The molecule has 0 amide bonds. The molecule has 1 N–H and O–H groups in total. The van der Waals surface area contributed by atoms with E-state index in [9.17, 15) is 5.26 Å². The maximum Gasteiger partial charge on any atom is 0.187 e. The van der Waals surface area contributed by atoms with Crippen LogP contribution in [0.25, 0.3) is 10.9 Å². The molecule has 1 aromatic heterocycles. The quantitative estimate of drug-likeness (QED) is 0.361. The van der Waals surface area contributed by atoms with Crippen molar-refractivity contribution in [3.63, 3.8) is 0 Å². The van der Waals surface area contributed by atoms with E-state index in [1.54, 1.807) is 25.1 Å². The number of nitrogens with zero attached hydrogens (tertiary/aromatic N) is 3. The zero-order valence-electron chi connectivity index (χ0n) is 19.0. The summed E-state index contributed by atoms with van der Waals surface area (Å²) >= 11 is 1.65. The lowest BCUT2D eigenvalue weighted by atomic mass is 10.1. The zero-order chi connectivity index (χ0) is 23.0. The largest absolute Gasteiger partial charge is 0.491 e. The molecule has 0 unspecified atom stereocenters. The van der Waals surface area contributed by atoms with E-state index in [4.69, 9.17) is 14.2 Å². The topological polar surface area (TPSA) is 79.6 Å². The van der Waals surface area contributed by atoms with Gasteiger partial charge in [0.05, 0.1) is 43.9 Å². The fraction of sp³-hybridized carbons (Fsp3) is 0.360. The number of nitrogens with one attached hydrogen (secondary N) is 1. The molecule has 2 heterocycles. The van der Waals surface area contributed by atoms with Crippen LogP contribution in [0.3, 0.4) is 0 Å². The number of ether oxygens (including phenoxy) is 3. The minimum Gasteiger partial charge on any atom is -0.491 e. The van der Waals surface area contributed by atoms with Gasteiger partial charge in [-0.15, -0.1) is 11.8 Å². The van der Waals surface area contributed by atoms with Crippen molar-refractivity contribution in [1.29, 1.82) is 5.26 Å². The predicted octanol–water partition coefficient (Wildman–Crippen LogP) is 4.68. The van der Waals surface area contributed by atoms with Crippen molar-refractivity contribution in [2.75, 3.05) is 58.1 Å². The van der Waals surface area contributed by atoms with Crippen molar-refractivity contribution in [3.05, 3.63) is 48.2 Å². The van der Waals surface area contributed by atoms with Crippen LogP contribution in [-0.4, -0.2) is 62.7 Å². The van der Waals surface area contributed by atoms with Crippen LogP contribution in [0, 0.1) is 11.3 Å². The second-order valence-corrected chi connectivity index (χ2v) is 8.48. The lowest BCUT2D eigenvalue weighted by Gasteiger charge is -2.26. The highest BCUT2D eigenvalue weighted by Crippen LogP contribution is 2.40. The minimum atomic E-state index is 0.472. The monoisotopic (exact) mass is 464 g/mol. The van der Waals surface area contributed by atoms with E-state index in [1.165, 1.54) is 0 Å². The number of rotatable bonds is 9. The van der Waals surface area contributed by atoms with Crippen LogP contribution in [0.15, 0.2) is 47.5 Å². The van der Waals surface area contributed by atoms with Crippen LogP contribution in [-0.2, 0) is 4.74 Å². The first-order valence-corrected chi connectivity index (χ1v) is 12.2. The summed E-state index contributed by atoms with van der Waals surface area (Å²) < 4.78 is 17.2. The number of morpholine rings is 1. The van der Waals surface area contributed by atoms with E-state index in [1.807, 2.05) is 42.7 Å². The number of hydrogen-bond donors (Lipinski definition) is 1. The van der Waals surface area contributed by atoms with E-state index >= 15 is 0 Å². The third-order valence-corrected chi connectivity index (χ3v) is 6.42. The SMILES string of the molecule is COc1c(OCCCN2CCOCC2)ccc2c(Nc3ccccc3SC)c(C#N)cnc12. The lowest BCUT2D eigenvalue weighted by molar-refractivity contribution is 0.0357. The number of nitriles is 1. The van der Waals surface area contributed by atoms with Gasteiger partial charge in [-0.2, -0.15) is 5.26 Å². The van der Waals surface area contributed by atoms with Gasteiger partial charge in [-0.05, 0) is 36.9 Å². The summed E-state index contributed by atoms with van der Waals surface area (Å²) in [6, 6.07) is 14.1. The molecule has 0 aliphatic carbocycles. The molecule has 1 aliphatic heterocycles. The van der Waals surface area contributed by atoms with Gasteiger partial charge in [-0.1, -0.05) is 12.1 Å². The van der Waals surface area contributed by atoms with Gasteiger partial charge in [-0.25, -0.2) is 0 Å². The van der Waals surface area contributed by atoms with E-state index in [0.29, 0.717) is 34.9 Å². The number of fused-ring (bicyclic) bond motifs is 1. The molecule has 0 atom stereocenters. The third-order valence-electron chi connectivity index (χ3n) is 5.63. The van der Waals surface area contributed by atoms with Crippen LogP contribution >= 0.6 is 11.8 Å². The number of methoxy groups -OCH3 is 1. The molecular weight excluding hydrogens is 436 g/mol. The Bertz CT molecular complexity index is 1140. The number of thioether (sulfide) groups is 1. The number of para-hydroxylation sites is 1. The van der Waals surface area contributed by atoms with Crippen molar-refractivity contribution >= 4 is 34.0 Å². The molecule has 1 saturated heterocycles. The Kier molecular flexibility index (Phi) is 7.89. The van der Waals surface area contributed by atoms with Gasteiger partial charge < -0.3 is 19.5 Å². The van der Waals surface area contributed by atoms with Gasteiger partial charge in [0.1, 0.15) is 11.6 Å². The van der Waals surface area contributed by atoms with Gasteiger partial charge in [-0.3, -0.25) is 9.88 Å². The molecular formula is C25H28N4O3S. The number of pyridine rings is 1. The average Bonchev–Trinajstić information content (AvgIpc) is 2.87. The molecule has 3 aromatic rings. The van der Waals surface area contributed by atoms with Gasteiger partial charge in [0.15, 0.2) is 11.5 Å². The second-order valence-electron chi connectivity index (χ2n) is 7.63. The van der Waals surface area contributed by atoms with Crippen molar-refractivity contribution < 1.29 is 14.2 Å². The molecule has 7 nitrogen and oxygen atoms in total. The molecule has 172 valence electrons. The Balaban J connectivity index is 1.58. The fourth-order valence-electron chi connectivity index (χ4n) is 3.93. The first kappa shape index (κ1) is 23.2. The molecule has 0 spiro atoms. The number of aromatic nitrogens is 1. The first-order chi connectivity index (χ1) is 16.2. The summed E-state index contributed by atoms with van der Waals surface area (Å²) in [5.74, 6) is 1.23. The van der Waals surface area contributed by atoms with Gasteiger partial charge in [0, 0.05) is 36.1 Å². The van der Waals surface area contributed by atoms with Crippen LogP contribution in [0.2, 0.25) is 0 Å². The van der Waals surface area contributed by atoms with Gasteiger partial charge >= 0.3 is 0 Å². The summed E-state index contributed by atoms with van der Waals surface area (Å²) in [4.78, 5) is 8.02. The predicted molar refractivity (Wildman–Crippen MR) is 132 cm³/mol. The highest BCUT2D eigenvalue weighted by atomic mass is 32.2. The molecule has 0 radical (unpaired) electrons. The maximum absolute atomic E-state index is 9.71. The molecule has 33 heavy (non-hydrogen) atoms. The van der Waals surface area contributed by atoms with Crippen molar-refractivity contribution in [2.45, 2.75) is 11.3 Å². The second kappa shape index (κ2) is 11.2. The summed E-state index contributed by atoms with van der Waals surface area (Å²) in [6.45, 7) is 5.11. The summed E-state index contributed by atoms with van der Waals surface area (Å²) in [5, 5.41) is 14.0. The normalized spacial score (nSPS) is 14.1. The van der Waals surface area contributed by atoms with E-state index < -0.39 is 0 Å². The van der Waals surface area contributed by atoms with Crippen LogP contribution < -0.4 is 14.8 Å². The summed E-state index contributed by atoms with van der Waals surface area (Å²) in [7, 11) is 1.62. The van der Waals surface area contributed by atoms with Gasteiger partial charge in [0.25, 0.3) is 0 Å². The summed E-state index contributed by atoms with van der Waals surface area (Å²) in [6.07, 6.45) is 4.53. The van der Waals surface area contributed by atoms with Crippen molar-refractivity contribution in [2.24, 2.45) is 0 Å². The van der Waals surface area contributed by atoms with Gasteiger partial charge in [0.2, 0.25) is 0 Å². The highest BCUT2D eigenvalue weighted by Gasteiger charge is 2.17. The smallest absolute Gasteiger partial charge is 0.187 e. The maximum atomic E-state index is 9.71. The lowest BCUT2D eigenvalue weighted by Crippen LogP contribution is -2.37. The summed E-state index contributed by atoms with van der Waals surface area (Å²) in [5.41, 5.74) is 2.78. The standard InChI is InChI=1S/C25H28N4O3S/c1-30-25-21(32-13-5-10-29-11-14-31-15-12-29)9-8-19-23(18(16-26)17-27-24(19)25)28-20-6-3-4-7-22(20)33-2/h3-4,6-9,17H,5,10-15H2,1-2H3,(H,27,28). The minimum absolute atomic E-state index is 0.472.